The number of aliphatic carboxylic acids is 1. The molecular weight excluding hydrogens is 228 g/mol. The van der Waals surface area contributed by atoms with Crippen molar-refractivity contribution < 1.29 is 9.90 Å². The Bertz CT molecular complexity index is 421. The molecule has 0 amide bonds. The molecule has 18 heavy (non-hydrogen) atoms. The van der Waals surface area contributed by atoms with Crippen LogP contribution in [0.2, 0.25) is 0 Å². The van der Waals surface area contributed by atoms with Gasteiger partial charge >= 0.3 is 5.97 Å². The fourth-order valence-electron chi connectivity index (χ4n) is 2.68. The maximum atomic E-state index is 11.4. The average Bonchev–Trinajstić information content (AvgIpc) is 2.84. The summed E-state index contributed by atoms with van der Waals surface area (Å²) < 4.78 is 0. The molecule has 2 heterocycles. The Balaban J connectivity index is 2.11. The predicted octanol–water partition coefficient (Wildman–Crippen LogP) is 2.33. The molecule has 0 spiro atoms. The van der Waals surface area contributed by atoms with E-state index in [9.17, 15) is 9.90 Å². The Labute approximate surface area is 108 Å². The van der Waals surface area contributed by atoms with E-state index in [1.165, 1.54) is 0 Å². The van der Waals surface area contributed by atoms with Crippen LogP contribution in [0, 0.1) is 5.41 Å². The first-order valence-electron chi connectivity index (χ1n) is 6.46. The van der Waals surface area contributed by atoms with Gasteiger partial charge in [-0.15, -0.1) is 0 Å². The lowest BCUT2D eigenvalue weighted by atomic mass is 9.84. The van der Waals surface area contributed by atoms with Crippen molar-refractivity contribution in [2.75, 3.05) is 13.1 Å². The molecule has 0 aromatic carbocycles. The minimum absolute atomic E-state index is 0.228. The maximum Gasteiger partial charge on any atom is 0.310 e. The molecule has 1 saturated heterocycles. The monoisotopic (exact) mass is 248 g/mol. The molecule has 1 aromatic rings. The number of rotatable bonds is 4. The second-order valence-corrected chi connectivity index (χ2v) is 5.12. The van der Waals surface area contributed by atoms with Gasteiger partial charge in [-0.3, -0.25) is 14.7 Å². The first-order valence-corrected chi connectivity index (χ1v) is 6.46. The number of pyridine rings is 1. The van der Waals surface area contributed by atoms with Crippen LogP contribution >= 0.6 is 0 Å². The van der Waals surface area contributed by atoms with Crippen molar-refractivity contribution in [2.45, 2.75) is 32.7 Å². The lowest BCUT2D eigenvalue weighted by Crippen LogP contribution is -2.35. The number of carboxylic acid groups (broad SMARTS) is 1. The molecule has 4 heteroatoms. The largest absolute Gasteiger partial charge is 0.481 e. The molecule has 2 rings (SSSR count). The molecule has 98 valence electrons. The molecule has 4 nitrogen and oxygen atoms in total. The molecule has 2 atom stereocenters. The smallest absolute Gasteiger partial charge is 0.310 e. The van der Waals surface area contributed by atoms with Gasteiger partial charge in [0.25, 0.3) is 0 Å². The molecule has 1 aliphatic rings. The molecular formula is C14H20N2O2. The summed E-state index contributed by atoms with van der Waals surface area (Å²) >= 11 is 0. The average molecular weight is 248 g/mol. The number of likely N-dealkylation sites (tertiary alicyclic amines) is 1. The lowest BCUT2D eigenvalue weighted by Gasteiger charge is -2.27. The Morgan fingerprint density at radius 2 is 2.44 bits per heavy atom. The number of hydrogen-bond donors (Lipinski definition) is 1. The minimum Gasteiger partial charge on any atom is -0.481 e. The SMILES string of the molecule is CCC1(C(=O)O)CCN(C(C)c2cccnc2)C1. The number of nitrogens with zero attached hydrogens (tertiary/aromatic N) is 2. The summed E-state index contributed by atoms with van der Waals surface area (Å²) in [6.07, 6.45) is 5.05. The topological polar surface area (TPSA) is 53.4 Å². The van der Waals surface area contributed by atoms with Crippen molar-refractivity contribution in [1.29, 1.82) is 0 Å². The molecule has 1 N–H and O–H groups in total. The van der Waals surface area contributed by atoms with Gasteiger partial charge in [0, 0.05) is 25.0 Å². The van der Waals surface area contributed by atoms with Gasteiger partial charge in [0.2, 0.25) is 0 Å². The van der Waals surface area contributed by atoms with Crippen molar-refractivity contribution in [3.05, 3.63) is 30.1 Å². The van der Waals surface area contributed by atoms with Gasteiger partial charge in [-0.2, -0.15) is 0 Å². The van der Waals surface area contributed by atoms with Crippen molar-refractivity contribution in [1.82, 2.24) is 9.88 Å². The Hall–Kier alpha value is -1.42. The normalized spacial score (nSPS) is 26.1. The summed E-state index contributed by atoms with van der Waals surface area (Å²) in [5, 5.41) is 9.39. The molecule has 1 fully saturated rings. The third-order valence-corrected chi connectivity index (χ3v) is 4.23. The van der Waals surface area contributed by atoms with Crippen LogP contribution in [-0.2, 0) is 4.79 Å². The van der Waals surface area contributed by atoms with Crippen LogP contribution < -0.4 is 0 Å². The third-order valence-electron chi connectivity index (χ3n) is 4.23. The standard InChI is InChI=1S/C14H20N2O2/c1-3-14(13(17)18)6-8-16(10-14)11(2)12-5-4-7-15-9-12/h4-5,7,9,11H,3,6,8,10H2,1-2H3,(H,17,18). The summed E-state index contributed by atoms with van der Waals surface area (Å²) in [5.41, 5.74) is 0.589. The van der Waals surface area contributed by atoms with Crippen LogP contribution in [0.25, 0.3) is 0 Å². The minimum atomic E-state index is -0.661. The highest BCUT2D eigenvalue weighted by molar-refractivity contribution is 5.75. The molecule has 1 aromatic heterocycles. The van der Waals surface area contributed by atoms with Crippen LogP contribution in [0.15, 0.2) is 24.5 Å². The van der Waals surface area contributed by atoms with E-state index in [4.69, 9.17) is 0 Å². The fraction of sp³-hybridized carbons (Fsp3) is 0.571. The van der Waals surface area contributed by atoms with E-state index in [1.807, 2.05) is 25.3 Å². The van der Waals surface area contributed by atoms with E-state index in [1.54, 1.807) is 6.20 Å². The second-order valence-electron chi connectivity index (χ2n) is 5.12. The van der Waals surface area contributed by atoms with Gasteiger partial charge in [0.05, 0.1) is 5.41 Å². The van der Waals surface area contributed by atoms with Crippen LogP contribution in [0.4, 0.5) is 0 Å². The zero-order valence-electron chi connectivity index (χ0n) is 11.0. The zero-order valence-corrected chi connectivity index (χ0v) is 11.0. The van der Waals surface area contributed by atoms with Gasteiger partial charge in [0.15, 0.2) is 0 Å². The Morgan fingerprint density at radius 1 is 1.67 bits per heavy atom. The molecule has 0 bridgehead atoms. The van der Waals surface area contributed by atoms with E-state index >= 15 is 0 Å². The molecule has 0 radical (unpaired) electrons. The fourth-order valence-corrected chi connectivity index (χ4v) is 2.68. The Kier molecular flexibility index (Phi) is 3.66. The van der Waals surface area contributed by atoms with Crippen LogP contribution in [0.3, 0.4) is 0 Å². The summed E-state index contributed by atoms with van der Waals surface area (Å²) in [5.74, 6) is -0.661. The van der Waals surface area contributed by atoms with Gasteiger partial charge in [-0.25, -0.2) is 0 Å². The van der Waals surface area contributed by atoms with E-state index in [2.05, 4.69) is 16.8 Å². The van der Waals surface area contributed by atoms with Crippen LogP contribution in [0.5, 0.6) is 0 Å². The maximum absolute atomic E-state index is 11.4. The third kappa shape index (κ3) is 2.25. The highest BCUT2D eigenvalue weighted by Crippen LogP contribution is 2.38. The first-order chi connectivity index (χ1) is 8.59. The summed E-state index contributed by atoms with van der Waals surface area (Å²) in [7, 11) is 0. The quantitative estimate of drug-likeness (QED) is 0.888. The number of aromatic nitrogens is 1. The molecule has 2 unspecified atom stereocenters. The van der Waals surface area contributed by atoms with Crippen molar-refractivity contribution >= 4 is 5.97 Å². The zero-order chi connectivity index (χ0) is 13.2. The van der Waals surface area contributed by atoms with Gasteiger partial charge in [0.1, 0.15) is 0 Å². The van der Waals surface area contributed by atoms with Gasteiger partial charge in [-0.05, 0) is 37.9 Å². The summed E-state index contributed by atoms with van der Waals surface area (Å²) in [6.45, 7) is 5.56. The van der Waals surface area contributed by atoms with E-state index in [-0.39, 0.29) is 6.04 Å². The Morgan fingerprint density at radius 3 is 2.94 bits per heavy atom. The number of carboxylic acids is 1. The van der Waals surface area contributed by atoms with Gasteiger partial charge in [-0.1, -0.05) is 13.0 Å². The highest BCUT2D eigenvalue weighted by Gasteiger charge is 2.44. The van der Waals surface area contributed by atoms with Crippen molar-refractivity contribution in [3.63, 3.8) is 0 Å². The highest BCUT2D eigenvalue weighted by atomic mass is 16.4. The molecule has 1 aliphatic heterocycles. The van der Waals surface area contributed by atoms with Crippen molar-refractivity contribution in [2.24, 2.45) is 5.41 Å². The summed E-state index contributed by atoms with van der Waals surface area (Å²) in [6, 6.07) is 4.20. The number of carbonyl (C=O) groups is 1. The van der Waals surface area contributed by atoms with E-state index in [0.717, 1.165) is 18.5 Å². The van der Waals surface area contributed by atoms with Crippen molar-refractivity contribution in [3.8, 4) is 0 Å². The predicted molar refractivity (Wildman–Crippen MR) is 69.2 cm³/mol. The summed E-state index contributed by atoms with van der Waals surface area (Å²) in [4.78, 5) is 17.8. The second kappa shape index (κ2) is 5.06. The van der Waals surface area contributed by atoms with Crippen LogP contribution in [0.1, 0.15) is 38.3 Å². The van der Waals surface area contributed by atoms with Gasteiger partial charge < -0.3 is 5.11 Å². The molecule has 0 saturated carbocycles. The van der Waals surface area contributed by atoms with E-state index in [0.29, 0.717) is 13.0 Å². The first kappa shape index (κ1) is 13.0. The lowest BCUT2D eigenvalue weighted by molar-refractivity contribution is -0.148. The number of hydrogen-bond acceptors (Lipinski definition) is 3. The molecule has 0 aliphatic carbocycles. The van der Waals surface area contributed by atoms with Crippen LogP contribution in [-0.4, -0.2) is 34.0 Å². The van der Waals surface area contributed by atoms with E-state index < -0.39 is 11.4 Å².